The Bertz CT molecular complexity index is 267. The minimum Gasteiger partial charge on any atom is -0.377 e. The predicted octanol–water partition coefficient (Wildman–Crippen LogP) is 3.25. The molecule has 0 rings (SSSR count). The van der Waals surface area contributed by atoms with Crippen molar-refractivity contribution in [1.82, 2.24) is 9.80 Å². The summed E-state index contributed by atoms with van der Waals surface area (Å²) in [5, 5.41) is 0. The first kappa shape index (κ1) is 26.8. The van der Waals surface area contributed by atoms with Crippen LogP contribution in [0.25, 0.3) is 0 Å². The van der Waals surface area contributed by atoms with Gasteiger partial charge in [-0.05, 0) is 55.4 Å². The molecule has 0 N–H and O–H groups in total. The fourth-order valence-corrected chi connectivity index (χ4v) is 2.46. The van der Waals surface area contributed by atoms with Gasteiger partial charge in [-0.1, -0.05) is 0 Å². The first-order chi connectivity index (χ1) is 12.7. The molecule has 0 amide bonds. The zero-order valence-electron chi connectivity index (χ0n) is 19.2. The molecule has 0 fully saturated rings. The molecule has 0 spiro atoms. The van der Waals surface area contributed by atoms with Crippen LogP contribution >= 0.6 is 0 Å². The van der Waals surface area contributed by atoms with E-state index in [4.69, 9.17) is 18.9 Å². The maximum atomic E-state index is 5.76. The van der Waals surface area contributed by atoms with Crippen molar-refractivity contribution in [2.45, 2.75) is 79.8 Å². The molecular formula is C21H46N2O4. The molecule has 0 atom stereocenters. The Hall–Kier alpha value is -0.240. The van der Waals surface area contributed by atoms with Crippen LogP contribution in [0.3, 0.4) is 0 Å². The second-order valence-corrected chi connectivity index (χ2v) is 8.06. The molecule has 0 unspecified atom stereocenters. The first-order valence-corrected chi connectivity index (χ1v) is 10.6. The average Bonchev–Trinajstić information content (AvgIpc) is 2.52. The summed E-state index contributed by atoms with van der Waals surface area (Å²) in [5.41, 5.74) is 0. The SMILES string of the molecule is CC(C)OCCN(CCOC(C)C)CN(CCOC(C)C)CCOC(C)C. The van der Waals surface area contributed by atoms with E-state index < -0.39 is 0 Å². The van der Waals surface area contributed by atoms with E-state index >= 15 is 0 Å². The Morgan fingerprint density at radius 2 is 0.667 bits per heavy atom. The van der Waals surface area contributed by atoms with Crippen LogP contribution in [0.5, 0.6) is 0 Å². The van der Waals surface area contributed by atoms with Gasteiger partial charge in [0.15, 0.2) is 0 Å². The van der Waals surface area contributed by atoms with E-state index in [9.17, 15) is 0 Å². The smallest absolute Gasteiger partial charge is 0.0597 e. The zero-order valence-corrected chi connectivity index (χ0v) is 19.2. The molecule has 0 aliphatic heterocycles. The maximum absolute atomic E-state index is 5.76. The third-order valence-electron chi connectivity index (χ3n) is 3.83. The van der Waals surface area contributed by atoms with Gasteiger partial charge in [0.05, 0.1) is 57.5 Å². The number of nitrogens with zero attached hydrogens (tertiary/aromatic N) is 2. The van der Waals surface area contributed by atoms with Crippen molar-refractivity contribution in [2.75, 3.05) is 59.3 Å². The molecule has 0 saturated heterocycles. The predicted molar refractivity (Wildman–Crippen MR) is 112 cm³/mol. The molecule has 0 aromatic heterocycles. The summed E-state index contributed by atoms with van der Waals surface area (Å²) in [4.78, 5) is 4.80. The summed E-state index contributed by atoms with van der Waals surface area (Å²) >= 11 is 0. The molecule has 0 bridgehead atoms. The van der Waals surface area contributed by atoms with Crippen molar-refractivity contribution in [3.8, 4) is 0 Å². The second-order valence-electron chi connectivity index (χ2n) is 8.06. The quantitative estimate of drug-likeness (QED) is 0.335. The number of hydrogen-bond donors (Lipinski definition) is 0. The molecule has 0 aromatic rings. The lowest BCUT2D eigenvalue weighted by Gasteiger charge is -2.31. The Labute approximate surface area is 168 Å². The van der Waals surface area contributed by atoms with Gasteiger partial charge in [0.25, 0.3) is 0 Å². The lowest BCUT2D eigenvalue weighted by atomic mass is 10.4. The van der Waals surface area contributed by atoms with Crippen molar-refractivity contribution >= 4 is 0 Å². The van der Waals surface area contributed by atoms with Crippen molar-refractivity contribution in [3.63, 3.8) is 0 Å². The van der Waals surface area contributed by atoms with Crippen LogP contribution in [-0.2, 0) is 18.9 Å². The topological polar surface area (TPSA) is 43.4 Å². The Balaban J connectivity index is 4.61. The standard InChI is InChI=1S/C21H46N2O4/c1-18(2)24-13-9-22(10-14-25-19(3)4)17-23(11-15-26-20(5)6)12-16-27-21(7)8/h18-21H,9-17H2,1-8H3. The minimum absolute atomic E-state index is 0.258. The Morgan fingerprint density at radius 3 is 0.852 bits per heavy atom. The van der Waals surface area contributed by atoms with Gasteiger partial charge in [0.2, 0.25) is 0 Å². The highest BCUT2D eigenvalue weighted by molar-refractivity contribution is 4.63. The van der Waals surface area contributed by atoms with Crippen LogP contribution in [-0.4, -0.2) is 93.5 Å². The first-order valence-electron chi connectivity index (χ1n) is 10.6. The molecule has 6 nitrogen and oxygen atoms in total. The van der Waals surface area contributed by atoms with Gasteiger partial charge in [-0.25, -0.2) is 0 Å². The van der Waals surface area contributed by atoms with E-state index in [0.29, 0.717) is 0 Å². The molecule has 0 saturated carbocycles. The van der Waals surface area contributed by atoms with Gasteiger partial charge in [0, 0.05) is 26.2 Å². The third-order valence-corrected chi connectivity index (χ3v) is 3.83. The van der Waals surface area contributed by atoms with Crippen molar-refractivity contribution in [2.24, 2.45) is 0 Å². The monoisotopic (exact) mass is 390 g/mol. The van der Waals surface area contributed by atoms with E-state index in [-0.39, 0.29) is 24.4 Å². The van der Waals surface area contributed by atoms with Crippen LogP contribution in [0.1, 0.15) is 55.4 Å². The van der Waals surface area contributed by atoms with Gasteiger partial charge in [-0.3, -0.25) is 9.80 Å². The summed E-state index contributed by atoms with van der Waals surface area (Å²) in [6.45, 7) is 24.0. The van der Waals surface area contributed by atoms with Crippen molar-refractivity contribution < 1.29 is 18.9 Å². The van der Waals surface area contributed by atoms with E-state index in [1.807, 2.05) is 0 Å². The van der Waals surface area contributed by atoms with E-state index in [0.717, 1.165) is 59.3 Å². The normalized spacial score (nSPS) is 12.7. The van der Waals surface area contributed by atoms with E-state index in [2.05, 4.69) is 65.2 Å². The second kappa shape index (κ2) is 16.7. The Morgan fingerprint density at radius 1 is 0.444 bits per heavy atom. The average molecular weight is 391 g/mol. The summed E-state index contributed by atoms with van der Waals surface area (Å²) < 4.78 is 23.0. The van der Waals surface area contributed by atoms with E-state index in [1.165, 1.54) is 0 Å². The van der Waals surface area contributed by atoms with Crippen LogP contribution in [0.2, 0.25) is 0 Å². The largest absolute Gasteiger partial charge is 0.377 e. The van der Waals surface area contributed by atoms with Crippen LogP contribution < -0.4 is 0 Å². The summed E-state index contributed by atoms with van der Waals surface area (Å²) in [6.07, 6.45) is 1.03. The summed E-state index contributed by atoms with van der Waals surface area (Å²) in [5.74, 6) is 0. The highest BCUT2D eigenvalue weighted by Crippen LogP contribution is 2.01. The molecule has 0 aromatic carbocycles. The number of hydrogen-bond acceptors (Lipinski definition) is 6. The molecule has 27 heavy (non-hydrogen) atoms. The minimum atomic E-state index is 0.258. The van der Waals surface area contributed by atoms with Gasteiger partial charge in [-0.2, -0.15) is 0 Å². The lowest BCUT2D eigenvalue weighted by molar-refractivity contribution is -0.00528. The van der Waals surface area contributed by atoms with Crippen LogP contribution in [0.15, 0.2) is 0 Å². The van der Waals surface area contributed by atoms with Gasteiger partial charge in [-0.15, -0.1) is 0 Å². The summed E-state index contributed by atoms with van der Waals surface area (Å²) in [6, 6.07) is 0. The summed E-state index contributed by atoms with van der Waals surface area (Å²) in [7, 11) is 0. The molecule has 164 valence electrons. The molecule has 0 aliphatic rings. The number of rotatable bonds is 18. The molecule has 0 radical (unpaired) electrons. The fourth-order valence-electron chi connectivity index (χ4n) is 2.46. The van der Waals surface area contributed by atoms with Crippen LogP contribution in [0.4, 0.5) is 0 Å². The van der Waals surface area contributed by atoms with E-state index in [1.54, 1.807) is 0 Å². The van der Waals surface area contributed by atoms with Gasteiger partial charge >= 0.3 is 0 Å². The number of ether oxygens (including phenoxy) is 4. The zero-order chi connectivity index (χ0) is 20.7. The molecular weight excluding hydrogens is 344 g/mol. The third kappa shape index (κ3) is 18.9. The molecule has 6 heteroatoms. The van der Waals surface area contributed by atoms with Gasteiger partial charge in [0.1, 0.15) is 0 Å². The molecule has 0 aliphatic carbocycles. The maximum Gasteiger partial charge on any atom is 0.0597 e. The fraction of sp³-hybridized carbons (Fsp3) is 1.00. The molecule has 0 heterocycles. The van der Waals surface area contributed by atoms with Crippen LogP contribution in [0, 0.1) is 0 Å². The van der Waals surface area contributed by atoms with Crippen molar-refractivity contribution in [1.29, 1.82) is 0 Å². The van der Waals surface area contributed by atoms with Gasteiger partial charge < -0.3 is 18.9 Å². The highest BCUT2D eigenvalue weighted by atomic mass is 16.5. The lowest BCUT2D eigenvalue weighted by Crippen LogP contribution is -2.44. The van der Waals surface area contributed by atoms with Crippen molar-refractivity contribution in [3.05, 3.63) is 0 Å². The Kier molecular flexibility index (Phi) is 16.5. The highest BCUT2D eigenvalue weighted by Gasteiger charge is 2.13.